The molecule has 2 N–H and O–H groups in total. The molecule has 0 aromatic heterocycles. The highest BCUT2D eigenvalue weighted by atomic mass is 32.2. The molecule has 0 fully saturated rings. The van der Waals surface area contributed by atoms with Gasteiger partial charge in [0.05, 0.1) is 19.0 Å². The lowest BCUT2D eigenvalue weighted by Gasteiger charge is -2.21. The van der Waals surface area contributed by atoms with Crippen LogP contribution in [0.25, 0.3) is 0 Å². The van der Waals surface area contributed by atoms with Crippen LogP contribution in [0, 0.1) is 0 Å². The van der Waals surface area contributed by atoms with Gasteiger partial charge in [-0.05, 0) is 63.0 Å². The minimum atomic E-state index is -3.29. The Kier molecular flexibility index (Phi) is 11.6. The molecule has 0 radical (unpaired) electrons. The number of halogens is 1. The van der Waals surface area contributed by atoms with Crippen molar-refractivity contribution in [3.8, 4) is 0 Å². The fourth-order valence-corrected chi connectivity index (χ4v) is 3.61. The third-order valence-corrected chi connectivity index (χ3v) is 5.21. The molecule has 7 heteroatoms. The molecular weight excluding hydrogens is 367 g/mol. The van der Waals surface area contributed by atoms with Gasteiger partial charge in [0.1, 0.15) is 0 Å². The van der Waals surface area contributed by atoms with Gasteiger partial charge in [0, 0.05) is 5.69 Å². The zero-order valence-corrected chi connectivity index (χ0v) is 17.5. The van der Waals surface area contributed by atoms with E-state index in [1.165, 1.54) is 0 Å². The average molecular weight is 403 g/mol. The quantitative estimate of drug-likeness (QED) is 0.433. The van der Waals surface area contributed by atoms with Gasteiger partial charge >= 0.3 is 0 Å². The van der Waals surface area contributed by atoms with Crippen molar-refractivity contribution < 1.29 is 17.9 Å². The fourth-order valence-electron chi connectivity index (χ4n) is 3.05. The molecule has 27 heavy (non-hydrogen) atoms. The molecule has 0 aliphatic heterocycles. The van der Waals surface area contributed by atoms with Crippen LogP contribution in [0.1, 0.15) is 63.5 Å². The first kappa shape index (κ1) is 23.9. The van der Waals surface area contributed by atoms with E-state index in [0.717, 1.165) is 63.6 Å². The van der Waals surface area contributed by atoms with Crippen LogP contribution in [0.15, 0.2) is 24.3 Å². The maximum Gasteiger partial charge on any atom is 0.229 e. The summed E-state index contributed by atoms with van der Waals surface area (Å²) in [5, 5.41) is 10.3. The topological polar surface area (TPSA) is 69.6 Å². The second-order valence-corrected chi connectivity index (χ2v) is 8.79. The van der Waals surface area contributed by atoms with Crippen LogP contribution in [0.3, 0.4) is 0 Å². The molecule has 156 valence electrons. The molecule has 5 nitrogen and oxygen atoms in total. The molecular formula is C20H35FN2O3S. The number of hydrogen-bond acceptors (Lipinski definition) is 4. The van der Waals surface area contributed by atoms with E-state index in [0.29, 0.717) is 18.5 Å². The molecule has 1 aromatic carbocycles. The molecule has 1 aromatic rings. The molecule has 0 bridgehead atoms. The molecule has 1 unspecified atom stereocenters. The summed E-state index contributed by atoms with van der Waals surface area (Å²) < 4.78 is 36.9. The minimum Gasteiger partial charge on any atom is -0.388 e. The van der Waals surface area contributed by atoms with Gasteiger partial charge in [0.25, 0.3) is 0 Å². The average Bonchev–Trinajstić information content (AvgIpc) is 2.62. The van der Waals surface area contributed by atoms with Crippen LogP contribution in [-0.4, -0.2) is 51.0 Å². The number of aliphatic hydroxyl groups excluding tert-OH is 1. The Balaban J connectivity index is 2.28. The van der Waals surface area contributed by atoms with Gasteiger partial charge in [-0.2, -0.15) is 0 Å². The first-order valence-corrected chi connectivity index (χ1v) is 11.8. The summed E-state index contributed by atoms with van der Waals surface area (Å²) in [6.07, 6.45) is 7.19. The third kappa shape index (κ3) is 11.3. The highest BCUT2D eigenvalue weighted by Crippen LogP contribution is 2.21. The standard InChI is InChI=1S/C20H35FN2O3S/c1-3-23(16-8-6-4-5-7-15-21)17-9-10-20(24)18-11-13-19(14-12-18)22-27(2,25)26/h11-14,20,22,24H,3-10,15-17H2,1-2H3. The number of anilines is 1. The van der Waals surface area contributed by atoms with Crippen molar-refractivity contribution >= 4 is 15.7 Å². The Hall–Kier alpha value is -1.18. The van der Waals surface area contributed by atoms with E-state index >= 15 is 0 Å². The highest BCUT2D eigenvalue weighted by Gasteiger charge is 2.10. The van der Waals surface area contributed by atoms with E-state index in [4.69, 9.17) is 0 Å². The van der Waals surface area contributed by atoms with Crippen LogP contribution in [0.2, 0.25) is 0 Å². The third-order valence-electron chi connectivity index (χ3n) is 4.61. The number of alkyl halides is 1. The summed E-state index contributed by atoms with van der Waals surface area (Å²) in [7, 11) is -3.29. The predicted molar refractivity (Wildman–Crippen MR) is 110 cm³/mol. The van der Waals surface area contributed by atoms with Gasteiger partial charge in [0.15, 0.2) is 0 Å². The monoisotopic (exact) mass is 402 g/mol. The summed E-state index contributed by atoms with van der Waals surface area (Å²) in [4.78, 5) is 2.39. The van der Waals surface area contributed by atoms with Crippen LogP contribution >= 0.6 is 0 Å². The van der Waals surface area contributed by atoms with E-state index in [9.17, 15) is 17.9 Å². The Morgan fingerprint density at radius 1 is 1.04 bits per heavy atom. The van der Waals surface area contributed by atoms with Gasteiger partial charge in [-0.1, -0.05) is 38.3 Å². The number of rotatable bonds is 15. The van der Waals surface area contributed by atoms with Crippen molar-refractivity contribution in [3.63, 3.8) is 0 Å². The smallest absolute Gasteiger partial charge is 0.229 e. The number of hydrogen-bond donors (Lipinski definition) is 2. The van der Waals surface area contributed by atoms with Crippen LogP contribution in [0.4, 0.5) is 10.1 Å². The summed E-state index contributed by atoms with van der Waals surface area (Å²) in [6.45, 7) is 4.93. The van der Waals surface area contributed by atoms with Crippen molar-refractivity contribution in [1.29, 1.82) is 0 Å². The van der Waals surface area contributed by atoms with Gasteiger partial charge < -0.3 is 10.0 Å². The SMILES string of the molecule is CCN(CCCCCCCF)CCCC(O)c1ccc(NS(C)(=O)=O)cc1. The van der Waals surface area contributed by atoms with Crippen molar-refractivity contribution in [2.24, 2.45) is 0 Å². The Morgan fingerprint density at radius 2 is 1.63 bits per heavy atom. The highest BCUT2D eigenvalue weighted by molar-refractivity contribution is 7.92. The van der Waals surface area contributed by atoms with E-state index in [1.807, 2.05) is 0 Å². The second kappa shape index (κ2) is 13.1. The second-order valence-electron chi connectivity index (χ2n) is 7.05. The first-order chi connectivity index (χ1) is 12.9. The lowest BCUT2D eigenvalue weighted by molar-refractivity contribution is 0.155. The number of nitrogens with zero attached hydrogens (tertiary/aromatic N) is 1. The summed E-state index contributed by atoms with van der Waals surface area (Å²) in [5.41, 5.74) is 1.29. The molecule has 0 aliphatic carbocycles. The van der Waals surface area contributed by atoms with Crippen LogP contribution in [0.5, 0.6) is 0 Å². The molecule has 0 aliphatic rings. The number of aliphatic hydroxyl groups is 1. The van der Waals surface area contributed by atoms with Crippen LogP contribution < -0.4 is 4.72 Å². The predicted octanol–water partition coefficient (Wildman–Crippen LogP) is 4.11. The first-order valence-electron chi connectivity index (χ1n) is 9.90. The Bertz CT molecular complexity index is 608. The van der Waals surface area contributed by atoms with E-state index in [-0.39, 0.29) is 6.67 Å². The lowest BCUT2D eigenvalue weighted by atomic mass is 10.0. The summed E-state index contributed by atoms with van der Waals surface area (Å²) >= 11 is 0. The number of nitrogens with one attached hydrogen (secondary N) is 1. The van der Waals surface area contributed by atoms with Gasteiger partial charge in [0.2, 0.25) is 10.0 Å². The summed E-state index contributed by atoms with van der Waals surface area (Å²) in [5.74, 6) is 0. The Labute approximate surface area is 164 Å². The molecule has 1 rings (SSSR count). The largest absolute Gasteiger partial charge is 0.388 e. The van der Waals surface area contributed by atoms with Gasteiger partial charge in [-0.3, -0.25) is 9.11 Å². The fraction of sp³-hybridized carbons (Fsp3) is 0.700. The zero-order chi connectivity index (χ0) is 20.1. The lowest BCUT2D eigenvalue weighted by Crippen LogP contribution is -2.26. The van der Waals surface area contributed by atoms with Gasteiger partial charge in [-0.15, -0.1) is 0 Å². The minimum absolute atomic E-state index is 0.208. The Morgan fingerprint density at radius 3 is 2.22 bits per heavy atom. The van der Waals surface area contributed by atoms with Crippen molar-refractivity contribution in [2.45, 2.75) is 58.0 Å². The maximum absolute atomic E-state index is 12.0. The van der Waals surface area contributed by atoms with Crippen molar-refractivity contribution in [1.82, 2.24) is 4.90 Å². The van der Waals surface area contributed by atoms with Crippen LogP contribution in [-0.2, 0) is 10.0 Å². The normalized spacial score (nSPS) is 13.1. The zero-order valence-electron chi connectivity index (χ0n) is 16.7. The van der Waals surface area contributed by atoms with E-state index < -0.39 is 16.1 Å². The number of benzene rings is 1. The number of unbranched alkanes of at least 4 members (excludes halogenated alkanes) is 4. The van der Waals surface area contributed by atoms with E-state index in [1.54, 1.807) is 24.3 Å². The molecule has 0 spiro atoms. The molecule has 1 atom stereocenters. The molecule has 0 amide bonds. The molecule has 0 heterocycles. The van der Waals surface area contributed by atoms with Gasteiger partial charge in [-0.25, -0.2) is 8.42 Å². The van der Waals surface area contributed by atoms with Crippen molar-refractivity contribution in [3.05, 3.63) is 29.8 Å². The van der Waals surface area contributed by atoms with Crippen molar-refractivity contribution in [2.75, 3.05) is 37.3 Å². The maximum atomic E-state index is 12.0. The summed E-state index contributed by atoms with van der Waals surface area (Å²) in [6, 6.07) is 6.85. The van der Waals surface area contributed by atoms with E-state index in [2.05, 4.69) is 16.5 Å². The number of sulfonamides is 1. The molecule has 0 saturated heterocycles. The molecule has 0 saturated carbocycles.